The van der Waals surface area contributed by atoms with E-state index in [1.54, 1.807) is 7.11 Å². The second-order valence-corrected chi connectivity index (χ2v) is 4.84. The standard InChI is InChI=1S/C11H17N3O/c1-11(2,3)10-13-8-6-12-5-7(8)9(14-10)15-4/h12H,5-6H2,1-4H3. The van der Waals surface area contributed by atoms with Crippen molar-refractivity contribution in [2.75, 3.05) is 7.11 Å². The summed E-state index contributed by atoms with van der Waals surface area (Å²) in [6.45, 7) is 7.95. The van der Waals surface area contributed by atoms with Gasteiger partial charge in [0.05, 0.1) is 18.4 Å². The van der Waals surface area contributed by atoms with Crippen molar-refractivity contribution in [1.29, 1.82) is 0 Å². The van der Waals surface area contributed by atoms with Crippen LogP contribution in [0, 0.1) is 0 Å². The summed E-state index contributed by atoms with van der Waals surface area (Å²) in [6, 6.07) is 0. The van der Waals surface area contributed by atoms with Crippen LogP contribution in [-0.4, -0.2) is 17.1 Å². The molecule has 1 N–H and O–H groups in total. The summed E-state index contributed by atoms with van der Waals surface area (Å²) in [5.41, 5.74) is 2.14. The lowest BCUT2D eigenvalue weighted by molar-refractivity contribution is 0.383. The molecule has 4 heteroatoms. The Balaban J connectivity index is 2.53. The molecule has 0 radical (unpaired) electrons. The van der Waals surface area contributed by atoms with Crippen LogP contribution in [0.2, 0.25) is 0 Å². The van der Waals surface area contributed by atoms with Crippen LogP contribution in [0.4, 0.5) is 0 Å². The summed E-state index contributed by atoms with van der Waals surface area (Å²) >= 11 is 0. The maximum atomic E-state index is 5.30. The molecule has 0 fully saturated rings. The molecule has 1 aliphatic heterocycles. The van der Waals surface area contributed by atoms with Crippen molar-refractivity contribution in [3.8, 4) is 5.88 Å². The third kappa shape index (κ3) is 1.81. The average molecular weight is 207 g/mol. The van der Waals surface area contributed by atoms with Crippen molar-refractivity contribution in [2.24, 2.45) is 0 Å². The van der Waals surface area contributed by atoms with Gasteiger partial charge in [0.1, 0.15) is 5.82 Å². The molecular formula is C11H17N3O. The van der Waals surface area contributed by atoms with Gasteiger partial charge in [-0.05, 0) is 0 Å². The molecule has 0 atom stereocenters. The van der Waals surface area contributed by atoms with Crippen molar-refractivity contribution in [2.45, 2.75) is 39.3 Å². The number of fused-ring (bicyclic) bond motifs is 1. The number of aromatic nitrogens is 2. The van der Waals surface area contributed by atoms with E-state index in [9.17, 15) is 0 Å². The summed E-state index contributed by atoms with van der Waals surface area (Å²) in [5.74, 6) is 1.57. The number of ether oxygens (including phenoxy) is 1. The highest BCUT2D eigenvalue weighted by atomic mass is 16.5. The molecule has 15 heavy (non-hydrogen) atoms. The van der Waals surface area contributed by atoms with Gasteiger partial charge in [-0.1, -0.05) is 20.8 Å². The van der Waals surface area contributed by atoms with E-state index in [0.717, 1.165) is 36.1 Å². The largest absolute Gasteiger partial charge is 0.481 e. The van der Waals surface area contributed by atoms with Gasteiger partial charge in [-0.2, -0.15) is 4.98 Å². The molecule has 0 spiro atoms. The number of hydrogen-bond acceptors (Lipinski definition) is 4. The summed E-state index contributed by atoms with van der Waals surface area (Å²) in [6.07, 6.45) is 0. The Morgan fingerprint density at radius 2 is 1.93 bits per heavy atom. The van der Waals surface area contributed by atoms with E-state index in [2.05, 4.69) is 36.1 Å². The highest BCUT2D eigenvalue weighted by Crippen LogP contribution is 2.27. The zero-order valence-corrected chi connectivity index (χ0v) is 9.72. The van der Waals surface area contributed by atoms with Crippen LogP contribution in [0.1, 0.15) is 37.9 Å². The normalized spacial score (nSPS) is 15.2. The van der Waals surface area contributed by atoms with Crippen molar-refractivity contribution < 1.29 is 4.74 Å². The Labute approximate surface area is 90.1 Å². The fraction of sp³-hybridized carbons (Fsp3) is 0.636. The van der Waals surface area contributed by atoms with E-state index in [1.807, 2.05) is 0 Å². The highest BCUT2D eigenvalue weighted by Gasteiger charge is 2.24. The van der Waals surface area contributed by atoms with E-state index in [1.165, 1.54) is 0 Å². The van der Waals surface area contributed by atoms with Crippen LogP contribution in [0.15, 0.2) is 0 Å². The summed E-state index contributed by atoms with van der Waals surface area (Å²) in [5, 5.41) is 3.26. The molecule has 0 aromatic carbocycles. The van der Waals surface area contributed by atoms with Gasteiger partial charge < -0.3 is 10.1 Å². The molecule has 1 aromatic heterocycles. The third-order valence-electron chi connectivity index (χ3n) is 2.51. The van der Waals surface area contributed by atoms with Crippen molar-refractivity contribution in [3.05, 3.63) is 17.1 Å². The fourth-order valence-corrected chi connectivity index (χ4v) is 1.64. The van der Waals surface area contributed by atoms with Gasteiger partial charge in [-0.3, -0.25) is 0 Å². The summed E-state index contributed by atoms with van der Waals surface area (Å²) in [4.78, 5) is 9.04. The third-order valence-corrected chi connectivity index (χ3v) is 2.51. The molecule has 0 bridgehead atoms. The predicted molar refractivity (Wildman–Crippen MR) is 57.8 cm³/mol. The van der Waals surface area contributed by atoms with Gasteiger partial charge in [0.15, 0.2) is 0 Å². The molecule has 0 amide bonds. The number of rotatable bonds is 1. The predicted octanol–water partition coefficient (Wildman–Crippen LogP) is 1.39. The topological polar surface area (TPSA) is 47.0 Å². The zero-order valence-electron chi connectivity index (χ0n) is 9.72. The van der Waals surface area contributed by atoms with E-state index >= 15 is 0 Å². The van der Waals surface area contributed by atoms with E-state index in [-0.39, 0.29) is 5.41 Å². The molecule has 82 valence electrons. The first-order chi connectivity index (χ1) is 7.02. The maximum Gasteiger partial charge on any atom is 0.221 e. The maximum absolute atomic E-state index is 5.30. The number of methoxy groups -OCH3 is 1. The first-order valence-corrected chi connectivity index (χ1v) is 5.17. The van der Waals surface area contributed by atoms with E-state index in [0.29, 0.717) is 0 Å². The molecule has 0 unspecified atom stereocenters. The van der Waals surface area contributed by atoms with Gasteiger partial charge in [0.2, 0.25) is 5.88 Å². The molecule has 0 saturated carbocycles. The smallest absolute Gasteiger partial charge is 0.221 e. The molecule has 4 nitrogen and oxygen atoms in total. The lowest BCUT2D eigenvalue weighted by Gasteiger charge is -2.18. The zero-order chi connectivity index (χ0) is 11.1. The van der Waals surface area contributed by atoms with Crippen LogP contribution >= 0.6 is 0 Å². The van der Waals surface area contributed by atoms with Crippen LogP contribution in [-0.2, 0) is 18.5 Å². The fourth-order valence-electron chi connectivity index (χ4n) is 1.64. The quantitative estimate of drug-likeness (QED) is 0.756. The molecule has 2 heterocycles. The van der Waals surface area contributed by atoms with Gasteiger partial charge in [0.25, 0.3) is 0 Å². The van der Waals surface area contributed by atoms with Crippen molar-refractivity contribution in [3.63, 3.8) is 0 Å². The van der Waals surface area contributed by atoms with Crippen molar-refractivity contribution >= 4 is 0 Å². The Morgan fingerprint density at radius 3 is 2.53 bits per heavy atom. The Kier molecular flexibility index (Phi) is 2.38. The average Bonchev–Trinajstić information content (AvgIpc) is 2.62. The Bertz CT molecular complexity index is 382. The minimum atomic E-state index is -0.0368. The highest BCUT2D eigenvalue weighted by molar-refractivity contribution is 5.34. The Morgan fingerprint density at radius 1 is 1.20 bits per heavy atom. The SMILES string of the molecule is COc1nc(C(C)(C)C)nc2c1CNC2. The van der Waals surface area contributed by atoms with Crippen LogP contribution in [0.5, 0.6) is 5.88 Å². The van der Waals surface area contributed by atoms with Crippen LogP contribution in [0.3, 0.4) is 0 Å². The minimum Gasteiger partial charge on any atom is -0.481 e. The van der Waals surface area contributed by atoms with Gasteiger partial charge in [-0.15, -0.1) is 0 Å². The van der Waals surface area contributed by atoms with Gasteiger partial charge in [0, 0.05) is 18.5 Å². The second-order valence-electron chi connectivity index (χ2n) is 4.84. The first kappa shape index (κ1) is 10.4. The Hall–Kier alpha value is -1.16. The number of nitrogens with one attached hydrogen (secondary N) is 1. The van der Waals surface area contributed by atoms with E-state index < -0.39 is 0 Å². The van der Waals surface area contributed by atoms with E-state index in [4.69, 9.17) is 4.74 Å². The van der Waals surface area contributed by atoms with Crippen LogP contribution < -0.4 is 10.1 Å². The lowest BCUT2D eigenvalue weighted by Crippen LogP contribution is -2.18. The monoisotopic (exact) mass is 207 g/mol. The van der Waals surface area contributed by atoms with Crippen LogP contribution in [0.25, 0.3) is 0 Å². The molecule has 2 rings (SSSR count). The number of hydrogen-bond donors (Lipinski definition) is 1. The van der Waals surface area contributed by atoms with Gasteiger partial charge in [-0.25, -0.2) is 4.98 Å². The van der Waals surface area contributed by atoms with Crippen molar-refractivity contribution in [1.82, 2.24) is 15.3 Å². The lowest BCUT2D eigenvalue weighted by atomic mass is 9.95. The summed E-state index contributed by atoms with van der Waals surface area (Å²) in [7, 11) is 1.66. The van der Waals surface area contributed by atoms with Gasteiger partial charge >= 0.3 is 0 Å². The molecule has 1 aliphatic rings. The number of nitrogens with zero attached hydrogens (tertiary/aromatic N) is 2. The molecule has 0 aliphatic carbocycles. The molecule has 0 saturated heterocycles. The minimum absolute atomic E-state index is 0.0368. The molecule has 1 aromatic rings. The summed E-state index contributed by atoms with van der Waals surface area (Å²) < 4.78 is 5.30. The molecular weight excluding hydrogens is 190 g/mol. The first-order valence-electron chi connectivity index (χ1n) is 5.17. The second kappa shape index (κ2) is 3.45.